The molecule has 7 heteroatoms. The van der Waals surface area contributed by atoms with Crippen molar-refractivity contribution < 1.29 is 9.53 Å². The van der Waals surface area contributed by atoms with E-state index in [1.54, 1.807) is 30.5 Å². The zero-order valence-electron chi connectivity index (χ0n) is 13.4. The third-order valence-corrected chi connectivity index (χ3v) is 4.11. The van der Waals surface area contributed by atoms with Crippen molar-refractivity contribution in [2.75, 3.05) is 43.5 Å². The number of nitrogens with one attached hydrogen (secondary N) is 2. The highest BCUT2D eigenvalue weighted by atomic mass is 35.5. The Morgan fingerprint density at radius 2 is 2.08 bits per heavy atom. The molecule has 2 N–H and O–H groups in total. The number of methoxy groups -OCH3 is 1. The Morgan fingerprint density at radius 1 is 1.29 bits per heavy atom. The van der Waals surface area contributed by atoms with Gasteiger partial charge in [0.25, 0.3) is 5.91 Å². The topological polar surface area (TPSA) is 66.5 Å². The molecule has 126 valence electrons. The summed E-state index contributed by atoms with van der Waals surface area (Å²) in [4.78, 5) is 19.0. The highest BCUT2D eigenvalue weighted by molar-refractivity contribution is 6.31. The Balaban J connectivity index is 1.71. The molecule has 1 aromatic carbocycles. The molecule has 0 radical (unpaired) electrons. The molecule has 1 fully saturated rings. The molecule has 2 heterocycles. The second-order valence-corrected chi connectivity index (χ2v) is 5.87. The largest absolute Gasteiger partial charge is 0.496 e. The van der Waals surface area contributed by atoms with E-state index in [9.17, 15) is 4.79 Å². The van der Waals surface area contributed by atoms with E-state index in [0.717, 1.165) is 31.9 Å². The molecular weight excluding hydrogens is 328 g/mol. The van der Waals surface area contributed by atoms with E-state index < -0.39 is 0 Å². The summed E-state index contributed by atoms with van der Waals surface area (Å²) < 4.78 is 5.21. The highest BCUT2D eigenvalue weighted by Gasteiger charge is 2.15. The normalized spacial score (nSPS) is 14.3. The van der Waals surface area contributed by atoms with Gasteiger partial charge in [-0.15, -0.1) is 0 Å². The Morgan fingerprint density at radius 3 is 2.75 bits per heavy atom. The van der Waals surface area contributed by atoms with Crippen LogP contribution in [0.4, 0.5) is 11.5 Å². The number of rotatable bonds is 4. The number of aromatic nitrogens is 1. The van der Waals surface area contributed by atoms with Gasteiger partial charge in [-0.3, -0.25) is 4.79 Å². The zero-order chi connectivity index (χ0) is 16.9. The monoisotopic (exact) mass is 346 g/mol. The standard InChI is InChI=1S/C17H19ClN4O2/c1-24-15-4-2-12(18)10-14(15)17(23)21-16-5-3-13(11-20-16)22-8-6-19-7-9-22/h2-5,10-11,19H,6-9H2,1H3,(H,20,21,23). The summed E-state index contributed by atoms with van der Waals surface area (Å²) in [5.74, 6) is 0.645. The lowest BCUT2D eigenvalue weighted by Gasteiger charge is -2.29. The number of amides is 1. The lowest BCUT2D eigenvalue weighted by atomic mass is 10.2. The fourth-order valence-electron chi connectivity index (χ4n) is 2.61. The van der Waals surface area contributed by atoms with Gasteiger partial charge in [0.05, 0.1) is 24.6 Å². The number of hydrogen-bond acceptors (Lipinski definition) is 5. The molecule has 0 saturated carbocycles. The maximum atomic E-state index is 12.4. The van der Waals surface area contributed by atoms with E-state index in [2.05, 4.69) is 20.5 Å². The van der Waals surface area contributed by atoms with Crippen molar-refractivity contribution in [2.24, 2.45) is 0 Å². The number of nitrogens with zero attached hydrogens (tertiary/aromatic N) is 2. The van der Waals surface area contributed by atoms with Gasteiger partial charge in [-0.1, -0.05) is 11.6 Å². The summed E-state index contributed by atoms with van der Waals surface area (Å²) >= 11 is 5.97. The lowest BCUT2D eigenvalue weighted by molar-refractivity contribution is 0.102. The predicted molar refractivity (Wildman–Crippen MR) is 95.3 cm³/mol. The summed E-state index contributed by atoms with van der Waals surface area (Å²) in [5.41, 5.74) is 1.42. The van der Waals surface area contributed by atoms with Crippen molar-refractivity contribution in [1.29, 1.82) is 0 Å². The molecule has 0 atom stereocenters. The molecular formula is C17H19ClN4O2. The average Bonchev–Trinajstić information content (AvgIpc) is 2.63. The first-order valence-corrected chi connectivity index (χ1v) is 8.12. The van der Waals surface area contributed by atoms with E-state index >= 15 is 0 Å². The van der Waals surface area contributed by atoms with Crippen LogP contribution in [0.3, 0.4) is 0 Å². The van der Waals surface area contributed by atoms with Crippen LogP contribution in [-0.4, -0.2) is 44.2 Å². The summed E-state index contributed by atoms with van der Waals surface area (Å²) in [5, 5.41) is 6.56. The predicted octanol–water partition coefficient (Wildman–Crippen LogP) is 2.41. The van der Waals surface area contributed by atoms with Crippen molar-refractivity contribution in [3.8, 4) is 5.75 Å². The van der Waals surface area contributed by atoms with E-state index in [1.165, 1.54) is 7.11 Å². The van der Waals surface area contributed by atoms with Crippen molar-refractivity contribution in [2.45, 2.75) is 0 Å². The van der Waals surface area contributed by atoms with Crippen molar-refractivity contribution >= 4 is 29.0 Å². The number of benzene rings is 1. The second kappa shape index (κ2) is 7.51. The van der Waals surface area contributed by atoms with Gasteiger partial charge < -0.3 is 20.3 Å². The third kappa shape index (κ3) is 3.77. The van der Waals surface area contributed by atoms with Crippen LogP contribution in [0.2, 0.25) is 5.02 Å². The van der Waals surface area contributed by atoms with Gasteiger partial charge in [0.15, 0.2) is 0 Å². The number of carbonyl (C=O) groups excluding carboxylic acids is 1. The number of hydrogen-bond donors (Lipinski definition) is 2. The molecule has 1 aliphatic rings. The van der Waals surface area contributed by atoms with Crippen LogP contribution in [0.5, 0.6) is 5.75 Å². The van der Waals surface area contributed by atoms with Crippen LogP contribution >= 0.6 is 11.6 Å². The highest BCUT2D eigenvalue weighted by Crippen LogP contribution is 2.24. The quantitative estimate of drug-likeness (QED) is 0.890. The molecule has 0 aliphatic carbocycles. The van der Waals surface area contributed by atoms with Crippen LogP contribution in [0.25, 0.3) is 0 Å². The number of pyridine rings is 1. The first kappa shape index (κ1) is 16.5. The molecule has 1 aliphatic heterocycles. The summed E-state index contributed by atoms with van der Waals surface area (Å²) in [7, 11) is 1.51. The molecule has 1 aromatic heterocycles. The van der Waals surface area contributed by atoms with Crippen molar-refractivity contribution in [3.63, 3.8) is 0 Å². The Labute approximate surface area is 145 Å². The summed E-state index contributed by atoms with van der Waals surface area (Å²) in [6, 6.07) is 8.68. The third-order valence-electron chi connectivity index (χ3n) is 3.88. The molecule has 6 nitrogen and oxygen atoms in total. The van der Waals surface area contributed by atoms with Crippen LogP contribution in [0.1, 0.15) is 10.4 Å². The van der Waals surface area contributed by atoms with Gasteiger partial charge in [0.2, 0.25) is 0 Å². The van der Waals surface area contributed by atoms with Crippen LogP contribution in [0, 0.1) is 0 Å². The number of ether oxygens (including phenoxy) is 1. The van der Waals surface area contributed by atoms with Gasteiger partial charge >= 0.3 is 0 Å². The first-order chi connectivity index (χ1) is 11.7. The smallest absolute Gasteiger partial charge is 0.260 e. The molecule has 0 spiro atoms. The molecule has 3 rings (SSSR count). The molecule has 1 saturated heterocycles. The van der Waals surface area contributed by atoms with E-state index in [1.807, 2.05) is 6.07 Å². The Bertz CT molecular complexity index is 715. The number of anilines is 2. The molecule has 0 bridgehead atoms. The van der Waals surface area contributed by atoms with Crippen molar-refractivity contribution in [1.82, 2.24) is 10.3 Å². The Kier molecular flexibility index (Phi) is 5.17. The molecule has 2 aromatic rings. The van der Waals surface area contributed by atoms with Crippen LogP contribution in [-0.2, 0) is 0 Å². The summed E-state index contributed by atoms with van der Waals surface area (Å²) in [6.45, 7) is 3.83. The fourth-order valence-corrected chi connectivity index (χ4v) is 2.78. The summed E-state index contributed by atoms with van der Waals surface area (Å²) in [6.07, 6.45) is 1.77. The maximum absolute atomic E-state index is 12.4. The molecule has 0 unspecified atom stereocenters. The molecule has 1 amide bonds. The van der Waals surface area contributed by atoms with Gasteiger partial charge in [-0.2, -0.15) is 0 Å². The Hall–Kier alpha value is -2.31. The van der Waals surface area contributed by atoms with Gasteiger partial charge in [-0.05, 0) is 30.3 Å². The van der Waals surface area contributed by atoms with Crippen LogP contribution < -0.4 is 20.3 Å². The lowest BCUT2D eigenvalue weighted by Crippen LogP contribution is -2.43. The average molecular weight is 347 g/mol. The SMILES string of the molecule is COc1ccc(Cl)cc1C(=O)Nc1ccc(N2CCNCC2)cn1. The van der Waals surface area contributed by atoms with E-state index in [4.69, 9.17) is 16.3 Å². The number of carbonyl (C=O) groups is 1. The van der Waals surface area contributed by atoms with Crippen LogP contribution in [0.15, 0.2) is 36.5 Å². The number of piperazine rings is 1. The first-order valence-electron chi connectivity index (χ1n) is 7.74. The minimum atomic E-state index is -0.309. The fraction of sp³-hybridized carbons (Fsp3) is 0.294. The van der Waals surface area contributed by atoms with E-state index in [0.29, 0.717) is 22.2 Å². The zero-order valence-corrected chi connectivity index (χ0v) is 14.1. The number of halogens is 1. The van der Waals surface area contributed by atoms with E-state index in [-0.39, 0.29) is 5.91 Å². The maximum Gasteiger partial charge on any atom is 0.260 e. The van der Waals surface area contributed by atoms with Gasteiger partial charge in [0.1, 0.15) is 11.6 Å². The molecule has 24 heavy (non-hydrogen) atoms. The van der Waals surface area contributed by atoms with Gasteiger partial charge in [0, 0.05) is 31.2 Å². The second-order valence-electron chi connectivity index (χ2n) is 5.44. The van der Waals surface area contributed by atoms with Crippen molar-refractivity contribution in [3.05, 3.63) is 47.1 Å². The minimum absolute atomic E-state index is 0.309. The minimum Gasteiger partial charge on any atom is -0.496 e. The van der Waals surface area contributed by atoms with Gasteiger partial charge in [-0.25, -0.2) is 4.98 Å².